The molecule has 0 heterocycles. The third-order valence-electron chi connectivity index (χ3n) is 4.41. The highest BCUT2D eigenvalue weighted by molar-refractivity contribution is 5.95. The predicted octanol–water partition coefficient (Wildman–Crippen LogP) is 4.91. The maximum absolute atomic E-state index is 11.7. The molecule has 0 bridgehead atoms. The topological polar surface area (TPSA) is 80.7 Å². The quantitative estimate of drug-likeness (QED) is 0.227. The van der Waals surface area contributed by atoms with Gasteiger partial charge in [-0.1, -0.05) is 65.2 Å². The molecule has 0 radical (unpaired) electrons. The molecule has 0 fully saturated rings. The largest absolute Gasteiger partial charge is 0.481 e. The van der Waals surface area contributed by atoms with Gasteiger partial charge in [-0.05, 0) is 18.8 Å². The number of rotatable bonds is 17. The Bertz CT molecular complexity index is 368. The molecule has 25 heavy (non-hydrogen) atoms. The molecule has 0 aliphatic carbocycles. The van der Waals surface area contributed by atoms with Gasteiger partial charge in [-0.25, -0.2) is 0 Å². The molecule has 0 atom stereocenters. The highest BCUT2D eigenvalue weighted by atomic mass is 16.5. The van der Waals surface area contributed by atoms with Gasteiger partial charge < -0.3 is 9.84 Å². The van der Waals surface area contributed by atoms with Crippen LogP contribution in [0, 0.1) is 5.92 Å². The van der Waals surface area contributed by atoms with E-state index in [0.29, 0.717) is 12.5 Å². The number of aliphatic carboxylic acids is 1. The van der Waals surface area contributed by atoms with Crippen LogP contribution in [0.2, 0.25) is 0 Å². The third-order valence-corrected chi connectivity index (χ3v) is 4.41. The van der Waals surface area contributed by atoms with Crippen LogP contribution < -0.4 is 0 Å². The lowest BCUT2D eigenvalue weighted by Crippen LogP contribution is -2.14. The molecule has 0 aromatic carbocycles. The average Bonchev–Trinajstić information content (AvgIpc) is 2.54. The maximum Gasteiger partial charge on any atom is 0.313 e. The molecule has 0 unspecified atom stereocenters. The average molecular weight is 357 g/mol. The van der Waals surface area contributed by atoms with E-state index in [0.717, 1.165) is 6.42 Å². The van der Waals surface area contributed by atoms with E-state index in [1.807, 2.05) is 0 Å². The second-order valence-corrected chi connectivity index (χ2v) is 6.83. The van der Waals surface area contributed by atoms with Gasteiger partial charge in [0.1, 0.15) is 12.2 Å². The number of hydrogen-bond acceptors (Lipinski definition) is 4. The van der Waals surface area contributed by atoms with Gasteiger partial charge in [0.25, 0.3) is 0 Å². The van der Waals surface area contributed by atoms with Gasteiger partial charge in [-0.3, -0.25) is 14.4 Å². The standard InChI is InChI=1S/C20H36O5/c1-3-5-7-10-17(11-8-6-4-2)14-15-25-20(24)16-18(21)12-9-13-19(22)23/h17H,3-16H2,1-2H3,(H,22,23). The first-order valence-corrected chi connectivity index (χ1v) is 9.88. The van der Waals surface area contributed by atoms with Gasteiger partial charge in [0, 0.05) is 12.8 Å². The summed E-state index contributed by atoms with van der Waals surface area (Å²) in [5.74, 6) is -1.06. The molecule has 0 amide bonds. The molecular formula is C20H36O5. The van der Waals surface area contributed by atoms with Crippen molar-refractivity contribution in [2.75, 3.05) is 6.61 Å². The van der Waals surface area contributed by atoms with Gasteiger partial charge in [-0.2, -0.15) is 0 Å². The predicted molar refractivity (Wildman–Crippen MR) is 98.5 cm³/mol. The number of ketones is 1. The van der Waals surface area contributed by atoms with Crippen molar-refractivity contribution in [1.29, 1.82) is 0 Å². The SMILES string of the molecule is CCCCCC(CCCCC)CCOC(=O)CC(=O)CCCC(=O)O. The molecule has 1 N–H and O–H groups in total. The summed E-state index contributed by atoms with van der Waals surface area (Å²) >= 11 is 0. The first kappa shape index (κ1) is 23.6. The Kier molecular flexibility index (Phi) is 15.2. The summed E-state index contributed by atoms with van der Waals surface area (Å²) < 4.78 is 5.21. The summed E-state index contributed by atoms with van der Waals surface area (Å²) in [5, 5.41) is 8.53. The second kappa shape index (κ2) is 16.1. The van der Waals surface area contributed by atoms with Crippen LogP contribution in [0.25, 0.3) is 0 Å². The fourth-order valence-corrected chi connectivity index (χ4v) is 2.88. The Morgan fingerprint density at radius 3 is 1.96 bits per heavy atom. The fraction of sp³-hybridized carbons (Fsp3) is 0.850. The van der Waals surface area contributed by atoms with E-state index in [1.54, 1.807) is 0 Å². The Balaban J connectivity index is 3.95. The normalized spacial score (nSPS) is 10.8. The van der Waals surface area contributed by atoms with E-state index in [4.69, 9.17) is 9.84 Å². The molecule has 0 saturated carbocycles. The fourth-order valence-electron chi connectivity index (χ4n) is 2.88. The zero-order valence-corrected chi connectivity index (χ0v) is 16.1. The Morgan fingerprint density at radius 2 is 1.44 bits per heavy atom. The number of ether oxygens (including phenoxy) is 1. The monoisotopic (exact) mass is 356 g/mol. The number of carboxylic acids is 1. The van der Waals surface area contributed by atoms with Crippen LogP contribution in [0.5, 0.6) is 0 Å². The molecule has 0 spiro atoms. The number of esters is 1. The molecule has 0 saturated heterocycles. The van der Waals surface area contributed by atoms with Crippen molar-refractivity contribution in [3.8, 4) is 0 Å². The van der Waals surface area contributed by atoms with E-state index >= 15 is 0 Å². The van der Waals surface area contributed by atoms with E-state index in [1.165, 1.54) is 51.4 Å². The molecule has 5 nitrogen and oxygen atoms in total. The van der Waals surface area contributed by atoms with E-state index in [2.05, 4.69) is 13.8 Å². The number of carboxylic acid groups (broad SMARTS) is 1. The number of carbonyl (C=O) groups is 3. The summed E-state index contributed by atoms with van der Waals surface area (Å²) in [6.45, 7) is 4.77. The zero-order chi connectivity index (χ0) is 18.9. The summed E-state index contributed by atoms with van der Waals surface area (Å²) in [6, 6.07) is 0. The van der Waals surface area contributed by atoms with Gasteiger partial charge >= 0.3 is 11.9 Å². The van der Waals surface area contributed by atoms with Crippen LogP contribution in [0.4, 0.5) is 0 Å². The zero-order valence-electron chi connectivity index (χ0n) is 16.1. The second-order valence-electron chi connectivity index (χ2n) is 6.83. The number of hydrogen-bond donors (Lipinski definition) is 1. The van der Waals surface area contributed by atoms with Gasteiger partial charge in [0.15, 0.2) is 0 Å². The minimum Gasteiger partial charge on any atom is -0.481 e. The third kappa shape index (κ3) is 15.9. The van der Waals surface area contributed by atoms with Crippen molar-refractivity contribution in [2.45, 2.75) is 97.3 Å². The minimum atomic E-state index is -0.924. The van der Waals surface area contributed by atoms with Gasteiger partial charge in [0.05, 0.1) is 6.61 Å². The van der Waals surface area contributed by atoms with Crippen molar-refractivity contribution in [2.24, 2.45) is 5.92 Å². The summed E-state index contributed by atoms with van der Waals surface area (Å²) in [4.78, 5) is 33.7. The van der Waals surface area contributed by atoms with Crippen molar-refractivity contribution in [1.82, 2.24) is 0 Å². The molecule has 0 aromatic heterocycles. The first-order valence-electron chi connectivity index (χ1n) is 9.88. The molecule has 0 rings (SSSR count). The first-order chi connectivity index (χ1) is 12.0. The van der Waals surface area contributed by atoms with Crippen molar-refractivity contribution in [3.05, 3.63) is 0 Å². The van der Waals surface area contributed by atoms with Crippen LogP contribution in [0.15, 0.2) is 0 Å². The highest BCUT2D eigenvalue weighted by Gasteiger charge is 2.13. The molecule has 0 aliphatic heterocycles. The van der Waals surface area contributed by atoms with Gasteiger partial charge in [-0.15, -0.1) is 0 Å². The van der Waals surface area contributed by atoms with E-state index in [-0.39, 0.29) is 31.5 Å². The smallest absolute Gasteiger partial charge is 0.313 e. The summed E-state index contributed by atoms with van der Waals surface area (Å²) in [5.41, 5.74) is 0. The minimum absolute atomic E-state index is 0.0437. The van der Waals surface area contributed by atoms with E-state index in [9.17, 15) is 14.4 Å². The molecule has 146 valence electrons. The summed E-state index contributed by atoms with van der Waals surface area (Å²) in [7, 11) is 0. The molecule has 0 aliphatic rings. The molecular weight excluding hydrogens is 320 g/mol. The summed E-state index contributed by atoms with van der Waals surface area (Å²) in [6.07, 6.45) is 10.7. The number of carbonyl (C=O) groups excluding carboxylic acids is 2. The van der Waals surface area contributed by atoms with Gasteiger partial charge in [0.2, 0.25) is 0 Å². The Labute approximate surface area is 152 Å². The van der Waals surface area contributed by atoms with Crippen LogP contribution in [-0.2, 0) is 19.1 Å². The lowest BCUT2D eigenvalue weighted by molar-refractivity contribution is -0.146. The maximum atomic E-state index is 11.7. The number of Topliss-reactive ketones (excluding diaryl/α,β-unsaturated/α-hetero) is 1. The van der Waals surface area contributed by atoms with Crippen LogP contribution in [0.3, 0.4) is 0 Å². The Hall–Kier alpha value is -1.39. The van der Waals surface area contributed by atoms with Crippen LogP contribution >= 0.6 is 0 Å². The van der Waals surface area contributed by atoms with Crippen molar-refractivity contribution in [3.63, 3.8) is 0 Å². The molecule has 0 aromatic rings. The van der Waals surface area contributed by atoms with E-state index < -0.39 is 11.9 Å². The lowest BCUT2D eigenvalue weighted by atomic mass is 9.92. The Morgan fingerprint density at radius 1 is 0.840 bits per heavy atom. The van der Waals surface area contributed by atoms with Crippen LogP contribution in [-0.4, -0.2) is 29.4 Å². The number of unbranched alkanes of at least 4 members (excludes halogenated alkanes) is 4. The lowest BCUT2D eigenvalue weighted by Gasteiger charge is -2.16. The van der Waals surface area contributed by atoms with Crippen molar-refractivity contribution >= 4 is 17.7 Å². The van der Waals surface area contributed by atoms with Crippen molar-refractivity contribution < 1.29 is 24.2 Å². The molecule has 5 heteroatoms. The highest BCUT2D eigenvalue weighted by Crippen LogP contribution is 2.21. The van der Waals surface area contributed by atoms with Crippen LogP contribution in [0.1, 0.15) is 97.3 Å².